The first kappa shape index (κ1) is 9.65. The molecule has 0 heterocycles. The molecule has 0 aromatic carbocycles. The molecular formula is C4H9O5P. The Morgan fingerprint density at radius 2 is 2.00 bits per heavy atom. The van der Waals surface area contributed by atoms with Crippen molar-refractivity contribution in [2.75, 3.05) is 0 Å². The Labute approximate surface area is 58.4 Å². The first-order chi connectivity index (χ1) is 4.42. The fourth-order valence-electron chi connectivity index (χ4n) is 0.174. The average molecular weight is 168 g/mol. The topological polar surface area (TPSA) is 76.0 Å². The van der Waals surface area contributed by atoms with E-state index in [1.165, 1.54) is 0 Å². The van der Waals surface area contributed by atoms with Gasteiger partial charge in [-0.1, -0.05) is 4.67 Å². The van der Waals surface area contributed by atoms with E-state index in [1.54, 1.807) is 13.8 Å². The third-order valence-corrected chi connectivity index (χ3v) is 0.704. The van der Waals surface area contributed by atoms with Gasteiger partial charge in [0.2, 0.25) is 0 Å². The van der Waals surface area contributed by atoms with Crippen molar-refractivity contribution in [3.05, 3.63) is 11.8 Å². The highest BCUT2D eigenvalue weighted by molar-refractivity contribution is 7.46. The van der Waals surface area contributed by atoms with Gasteiger partial charge in [-0.15, -0.1) is 0 Å². The van der Waals surface area contributed by atoms with Crippen LogP contribution in [-0.2, 0) is 14.1 Å². The van der Waals surface area contributed by atoms with Crippen molar-refractivity contribution in [3.8, 4) is 0 Å². The van der Waals surface area contributed by atoms with Crippen LogP contribution in [0, 0.1) is 0 Å². The maximum Gasteiger partial charge on any atom is 0.505 e. The highest BCUT2D eigenvalue weighted by Crippen LogP contribution is 2.35. The predicted molar refractivity (Wildman–Crippen MR) is 33.6 cm³/mol. The highest BCUT2D eigenvalue weighted by atomic mass is 31.2. The number of rotatable bonds is 3. The molecular weight excluding hydrogens is 159 g/mol. The Kier molecular flexibility index (Phi) is 3.60. The van der Waals surface area contributed by atoms with Crippen molar-refractivity contribution in [2.24, 2.45) is 0 Å². The van der Waals surface area contributed by atoms with E-state index >= 15 is 0 Å². The molecule has 0 amide bonds. The van der Waals surface area contributed by atoms with E-state index in [2.05, 4.69) is 9.56 Å². The van der Waals surface area contributed by atoms with Crippen LogP contribution >= 0.6 is 7.82 Å². The van der Waals surface area contributed by atoms with E-state index in [0.29, 0.717) is 0 Å². The average Bonchev–Trinajstić information content (AvgIpc) is 1.59. The van der Waals surface area contributed by atoms with Gasteiger partial charge in [0.15, 0.2) is 0 Å². The molecule has 0 spiro atoms. The Morgan fingerprint density at radius 1 is 1.50 bits per heavy atom. The van der Waals surface area contributed by atoms with Gasteiger partial charge in [0, 0.05) is 0 Å². The van der Waals surface area contributed by atoms with E-state index in [1.807, 2.05) is 0 Å². The van der Waals surface area contributed by atoms with Gasteiger partial charge in [0.1, 0.15) is 6.26 Å². The Morgan fingerprint density at radius 3 is 2.30 bits per heavy atom. The lowest BCUT2D eigenvalue weighted by Gasteiger charge is -2.00. The number of allylic oxidation sites excluding steroid dienone is 1. The number of hydrogen-bond donors (Lipinski definition) is 2. The van der Waals surface area contributed by atoms with Crippen LogP contribution < -0.4 is 0 Å². The van der Waals surface area contributed by atoms with E-state index in [-0.39, 0.29) is 0 Å². The third-order valence-electron chi connectivity index (χ3n) is 0.424. The normalized spacial score (nSPS) is 10.8. The van der Waals surface area contributed by atoms with Crippen molar-refractivity contribution in [1.82, 2.24) is 0 Å². The molecule has 0 aromatic heterocycles. The fraction of sp³-hybridized carbons (Fsp3) is 0.500. The van der Waals surface area contributed by atoms with Gasteiger partial charge in [0.25, 0.3) is 0 Å². The molecule has 10 heavy (non-hydrogen) atoms. The van der Waals surface area contributed by atoms with Gasteiger partial charge in [0.05, 0.1) is 0 Å². The minimum Gasteiger partial charge on any atom is -0.335 e. The summed E-state index contributed by atoms with van der Waals surface area (Å²) in [7, 11) is -4.49. The lowest BCUT2D eigenvalue weighted by molar-refractivity contribution is -0.169. The Bertz CT molecular complexity index is 164. The molecule has 0 aliphatic carbocycles. The second-order valence-corrected chi connectivity index (χ2v) is 2.99. The van der Waals surface area contributed by atoms with Crippen LogP contribution in [-0.4, -0.2) is 9.79 Å². The molecule has 0 bridgehead atoms. The summed E-state index contributed by atoms with van der Waals surface area (Å²) in [5.74, 6) is 0. The molecule has 0 saturated heterocycles. The first-order valence-electron chi connectivity index (χ1n) is 2.46. The smallest absolute Gasteiger partial charge is 0.335 e. The molecule has 5 nitrogen and oxygen atoms in total. The standard InChI is InChI=1S/C4H9O5P/c1-4(2)3-8-9-10(5,6)7/h3H,1-2H3,(H2,5,6,7). The van der Waals surface area contributed by atoms with E-state index in [0.717, 1.165) is 11.8 Å². The molecule has 0 unspecified atom stereocenters. The summed E-state index contributed by atoms with van der Waals surface area (Å²) in [6.45, 7) is 3.39. The monoisotopic (exact) mass is 168 g/mol. The largest absolute Gasteiger partial charge is 0.505 e. The molecule has 0 aromatic rings. The molecule has 0 saturated carbocycles. The van der Waals surface area contributed by atoms with Crippen LogP contribution in [0.1, 0.15) is 13.8 Å². The second-order valence-electron chi connectivity index (χ2n) is 1.86. The van der Waals surface area contributed by atoms with Gasteiger partial charge >= 0.3 is 7.82 Å². The lowest BCUT2D eigenvalue weighted by Crippen LogP contribution is -1.85. The van der Waals surface area contributed by atoms with Crippen LogP contribution in [0.15, 0.2) is 11.8 Å². The van der Waals surface area contributed by atoms with Crippen LogP contribution in [0.2, 0.25) is 0 Å². The molecule has 0 fully saturated rings. The third kappa shape index (κ3) is 7.65. The van der Waals surface area contributed by atoms with Crippen LogP contribution in [0.25, 0.3) is 0 Å². The predicted octanol–water partition coefficient (Wildman–Crippen LogP) is 0.951. The van der Waals surface area contributed by atoms with Crippen LogP contribution in [0.4, 0.5) is 0 Å². The zero-order valence-electron chi connectivity index (χ0n) is 5.64. The summed E-state index contributed by atoms with van der Waals surface area (Å²) >= 11 is 0. The lowest BCUT2D eigenvalue weighted by atomic mass is 10.4. The quantitative estimate of drug-likeness (QED) is 0.284. The molecule has 0 aliphatic rings. The maximum absolute atomic E-state index is 9.93. The van der Waals surface area contributed by atoms with E-state index in [9.17, 15) is 4.57 Å². The number of hydrogen-bond acceptors (Lipinski definition) is 3. The van der Waals surface area contributed by atoms with Crippen molar-refractivity contribution >= 4 is 7.82 Å². The molecule has 2 N–H and O–H groups in total. The van der Waals surface area contributed by atoms with Gasteiger partial charge in [-0.2, -0.15) is 0 Å². The highest BCUT2D eigenvalue weighted by Gasteiger charge is 2.14. The van der Waals surface area contributed by atoms with Crippen molar-refractivity contribution in [3.63, 3.8) is 0 Å². The Balaban J connectivity index is 3.58. The van der Waals surface area contributed by atoms with Gasteiger partial charge in [-0.3, -0.25) is 0 Å². The second kappa shape index (κ2) is 3.73. The van der Waals surface area contributed by atoms with E-state index < -0.39 is 7.82 Å². The summed E-state index contributed by atoms with van der Waals surface area (Å²) in [6.07, 6.45) is 1.10. The molecule has 6 heteroatoms. The summed E-state index contributed by atoms with van der Waals surface area (Å²) < 4.78 is 13.6. The molecule has 0 atom stereocenters. The van der Waals surface area contributed by atoms with Crippen molar-refractivity contribution < 1.29 is 23.9 Å². The summed E-state index contributed by atoms with van der Waals surface area (Å²) in [6, 6.07) is 0. The first-order valence-corrected chi connectivity index (χ1v) is 3.99. The van der Waals surface area contributed by atoms with Crippen LogP contribution in [0.3, 0.4) is 0 Å². The van der Waals surface area contributed by atoms with Crippen molar-refractivity contribution in [1.29, 1.82) is 0 Å². The SMILES string of the molecule is CC(C)=COOP(=O)(O)O. The molecule has 60 valence electrons. The minimum absolute atomic E-state index is 0.744. The fourth-order valence-corrected chi connectivity index (χ4v) is 0.329. The number of phosphoric acid groups is 1. The van der Waals surface area contributed by atoms with Gasteiger partial charge in [-0.05, 0) is 19.4 Å². The van der Waals surface area contributed by atoms with Crippen LogP contribution in [0.5, 0.6) is 0 Å². The molecule has 0 aliphatic heterocycles. The minimum atomic E-state index is -4.49. The summed E-state index contributed by atoms with van der Waals surface area (Å²) in [5.41, 5.74) is 0.744. The molecule has 0 rings (SSSR count). The zero-order chi connectivity index (χ0) is 8.20. The Hall–Kier alpha value is -0.350. The van der Waals surface area contributed by atoms with Crippen molar-refractivity contribution in [2.45, 2.75) is 13.8 Å². The molecule has 0 radical (unpaired) electrons. The summed E-state index contributed by atoms with van der Waals surface area (Å²) in [5, 5.41) is 0. The van der Waals surface area contributed by atoms with E-state index in [4.69, 9.17) is 9.79 Å². The van der Waals surface area contributed by atoms with Gasteiger partial charge in [-0.25, -0.2) is 4.57 Å². The summed E-state index contributed by atoms with van der Waals surface area (Å²) in [4.78, 5) is 20.2. The zero-order valence-corrected chi connectivity index (χ0v) is 6.54. The maximum atomic E-state index is 9.93. The van der Waals surface area contributed by atoms with Gasteiger partial charge < -0.3 is 14.7 Å².